The summed E-state index contributed by atoms with van der Waals surface area (Å²) in [5, 5.41) is 0. The van der Waals surface area contributed by atoms with Crippen LogP contribution in [0.1, 0.15) is 78.1 Å². The first-order valence-electron chi connectivity index (χ1n) is 10.1. The van der Waals surface area contributed by atoms with E-state index < -0.39 is 23.3 Å². The van der Waals surface area contributed by atoms with E-state index in [1.807, 2.05) is 6.92 Å². The minimum atomic E-state index is -1.19. The average molecular weight is 365 g/mol. The van der Waals surface area contributed by atoms with Crippen LogP contribution in [0.2, 0.25) is 0 Å². The van der Waals surface area contributed by atoms with Crippen molar-refractivity contribution in [3.63, 3.8) is 0 Å². The first-order chi connectivity index (χ1) is 12.3. The number of barbiturate groups is 1. The van der Waals surface area contributed by atoms with Gasteiger partial charge in [-0.1, -0.05) is 71.3 Å². The molecule has 0 bridgehead atoms. The number of carbonyl (C=O) groups excluding carboxylic acids is 3. The van der Waals surface area contributed by atoms with E-state index in [0.29, 0.717) is 0 Å². The van der Waals surface area contributed by atoms with Gasteiger partial charge in [-0.3, -0.25) is 19.4 Å². The predicted molar refractivity (Wildman–Crippen MR) is 105 cm³/mol. The maximum absolute atomic E-state index is 12.9. The van der Waals surface area contributed by atoms with Crippen molar-refractivity contribution < 1.29 is 14.4 Å². The van der Waals surface area contributed by atoms with Gasteiger partial charge in [-0.2, -0.15) is 0 Å². The molecule has 26 heavy (non-hydrogen) atoms. The Morgan fingerprint density at radius 3 is 1.85 bits per heavy atom. The Labute approximate surface area is 158 Å². The maximum Gasteiger partial charge on any atom is 0.332 e. The Hall–Kier alpha value is -1.65. The van der Waals surface area contributed by atoms with Gasteiger partial charge in [0, 0.05) is 14.1 Å². The molecule has 0 radical (unpaired) electrons. The van der Waals surface area contributed by atoms with Crippen LogP contribution in [0.15, 0.2) is 12.7 Å². The topological polar surface area (TPSA) is 57.7 Å². The van der Waals surface area contributed by atoms with Gasteiger partial charge in [-0.15, -0.1) is 6.58 Å². The van der Waals surface area contributed by atoms with Crippen LogP contribution < -0.4 is 0 Å². The molecule has 0 aromatic heterocycles. The van der Waals surface area contributed by atoms with Crippen molar-refractivity contribution in [2.75, 3.05) is 14.1 Å². The number of urea groups is 1. The third-order valence-corrected chi connectivity index (χ3v) is 5.74. The fourth-order valence-corrected chi connectivity index (χ4v) is 3.94. The smallest absolute Gasteiger partial charge is 0.273 e. The van der Waals surface area contributed by atoms with E-state index in [4.69, 9.17) is 0 Å². The van der Waals surface area contributed by atoms with Crippen molar-refractivity contribution in [1.82, 2.24) is 9.80 Å². The third kappa shape index (κ3) is 4.74. The molecule has 0 aromatic carbocycles. The van der Waals surface area contributed by atoms with Gasteiger partial charge >= 0.3 is 6.03 Å². The fraction of sp³-hybridized carbons (Fsp3) is 0.762. The molecular weight excluding hydrogens is 328 g/mol. The molecule has 0 N–H and O–H groups in total. The monoisotopic (exact) mass is 364 g/mol. The zero-order chi connectivity index (χ0) is 19.7. The van der Waals surface area contributed by atoms with Crippen LogP contribution in [0.25, 0.3) is 0 Å². The predicted octanol–water partition coefficient (Wildman–Crippen LogP) is 4.77. The summed E-state index contributed by atoms with van der Waals surface area (Å²) in [5.74, 6) is -0.909. The molecule has 1 heterocycles. The maximum atomic E-state index is 12.9. The van der Waals surface area contributed by atoms with Crippen molar-refractivity contribution in [3.8, 4) is 0 Å². The molecule has 1 aliphatic rings. The van der Waals surface area contributed by atoms with Crippen molar-refractivity contribution in [2.45, 2.75) is 78.1 Å². The molecule has 1 saturated heterocycles. The molecule has 148 valence electrons. The normalized spacial score (nSPS) is 18.4. The number of rotatable bonds is 12. The quantitative estimate of drug-likeness (QED) is 0.285. The van der Waals surface area contributed by atoms with Crippen LogP contribution >= 0.6 is 0 Å². The van der Waals surface area contributed by atoms with Crippen molar-refractivity contribution >= 4 is 17.8 Å². The second-order valence-electron chi connectivity index (χ2n) is 7.64. The summed E-state index contributed by atoms with van der Waals surface area (Å²) < 4.78 is 0. The Morgan fingerprint density at radius 2 is 1.38 bits per heavy atom. The Kier molecular flexibility index (Phi) is 9.03. The molecule has 0 saturated carbocycles. The lowest BCUT2D eigenvalue weighted by Crippen LogP contribution is -2.64. The van der Waals surface area contributed by atoms with Gasteiger partial charge in [0.2, 0.25) is 11.8 Å². The van der Waals surface area contributed by atoms with Gasteiger partial charge in [-0.05, 0) is 18.8 Å². The highest BCUT2D eigenvalue weighted by Crippen LogP contribution is 2.41. The molecule has 1 rings (SSSR count). The SMILES string of the molecule is C=CCC1(C(C)CCCCCCCCCC)C(=O)N(C)C(=O)N(C)C1=O. The minimum Gasteiger partial charge on any atom is -0.273 e. The number of hydrogen-bond acceptors (Lipinski definition) is 3. The molecule has 5 nitrogen and oxygen atoms in total. The van der Waals surface area contributed by atoms with Gasteiger partial charge in [0.1, 0.15) is 5.41 Å². The second kappa shape index (κ2) is 10.5. The van der Waals surface area contributed by atoms with Crippen LogP contribution in [0.3, 0.4) is 0 Å². The first kappa shape index (κ1) is 22.4. The van der Waals surface area contributed by atoms with E-state index in [0.717, 1.165) is 29.1 Å². The minimum absolute atomic E-state index is 0.126. The van der Waals surface area contributed by atoms with E-state index in [2.05, 4.69) is 13.5 Å². The van der Waals surface area contributed by atoms with E-state index in [9.17, 15) is 14.4 Å². The number of carbonyl (C=O) groups is 3. The summed E-state index contributed by atoms with van der Waals surface area (Å²) in [7, 11) is 2.91. The van der Waals surface area contributed by atoms with E-state index in [-0.39, 0.29) is 12.3 Å². The van der Waals surface area contributed by atoms with Crippen molar-refractivity contribution in [2.24, 2.45) is 11.3 Å². The molecule has 1 fully saturated rings. The summed E-state index contributed by atoms with van der Waals surface area (Å²) in [6.07, 6.45) is 12.4. The summed E-state index contributed by atoms with van der Waals surface area (Å²) >= 11 is 0. The summed E-state index contributed by atoms with van der Waals surface area (Å²) in [6.45, 7) is 7.91. The van der Waals surface area contributed by atoms with Crippen LogP contribution in [0.4, 0.5) is 4.79 Å². The molecule has 0 spiro atoms. The zero-order valence-corrected chi connectivity index (χ0v) is 17.1. The van der Waals surface area contributed by atoms with Gasteiger partial charge in [0.25, 0.3) is 0 Å². The summed E-state index contributed by atoms with van der Waals surface area (Å²) in [6, 6.07) is -0.557. The second-order valence-corrected chi connectivity index (χ2v) is 7.64. The number of imide groups is 2. The number of amides is 4. The van der Waals surface area contributed by atoms with Crippen LogP contribution in [0, 0.1) is 11.3 Å². The molecule has 1 atom stereocenters. The first-order valence-corrected chi connectivity index (χ1v) is 10.1. The average Bonchev–Trinajstić information content (AvgIpc) is 2.64. The Morgan fingerprint density at radius 1 is 0.923 bits per heavy atom. The van der Waals surface area contributed by atoms with E-state index in [1.54, 1.807) is 6.08 Å². The molecule has 0 aromatic rings. The summed E-state index contributed by atoms with van der Waals surface area (Å²) in [4.78, 5) is 40.0. The lowest BCUT2D eigenvalue weighted by molar-refractivity contribution is -0.161. The van der Waals surface area contributed by atoms with Crippen LogP contribution in [-0.4, -0.2) is 41.7 Å². The highest BCUT2D eigenvalue weighted by Gasteiger charge is 2.57. The molecule has 0 aliphatic carbocycles. The lowest BCUT2D eigenvalue weighted by Gasteiger charge is -2.44. The number of hydrogen-bond donors (Lipinski definition) is 0. The summed E-state index contributed by atoms with van der Waals surface area (Å²) in [5.41, 5.74) is -1.19. The zero-order valence-electron chi connectivity index (χ0n) is 17.1. The van der Waals surface area contributed by atoms with Gasteiger partial charge in [0.15, 0.2) is 0 Å². The van der Waals surface area contributed by atoms with E-state index >= 15 is 0 Å². The van der Waals surface area contributed by atoms with Crippen molar-refractivity contribution in [1.29, 1.82) is 0 Å². The molecule has 1 unspecified atom stereocenters. The highest BCUT2D eigenvalue weighted by atomic mass is 16.2. The number of nitrogens with zero attached hydrogens (tertiary/aromatic N) is 2. The number of allylic oxidation sites excluding steroid dienone is 1. The van der Waals surface area contributed by atoms with Crippen LogP contribution in [0.5, 0.6) is 0 Å². The lowest BCUT2D eigenvalue weighted by atomic mass is 9.68. The van der Waals surface area contributed by atoms with E-state index in [1.165, 1.54) is 52.6 Å². The van der Waals surface area contributed by atoms with Gasteiger partial charge < -0.3 is 0 Å². The molecular formula is C21H36N2O3. The molecule has 5 heteroatoms. The Bertz CT molecular complexity index is 491. The highest BCUT2D eigenvalue weighted by molar-refractivity contribution is 6.19. The van der Waals surface area contributed by atoms with Gasteiger partial charge in [-0.25, -0.2) is 4.79 Å². The van der Waals surface area contributed by atoms with Crippen molar-refractivity contribution in [3.05, 3.63) is 12.7 Å². The standard InChI is InChI=1S/C21H36N2O3/c1-6-8-9-10-11-12-13-14-15-17(3)21(16-7-2)18(24)22(4)20(26)23(5)19(21)25/h7,17H,2,6,8-16H2,1,3-5H3. The third-order valence-electron chi connectivity index (χ3n) is 5.74. The largest absolute Gasteiger partial charge is 0.332 e. The Balaban J connectivity index is 2.67. The fourth-order valence-electron chi connectivity index (χ4n) is 3.94. The molecule has 4 amide bonds. The van der Waals surface area contributed by atoms with Gasteiger partial charge in [0.05, 0.1) is 0 Å². The number of unbranched alkanes of at least 4 members (excludes halogenated alkanes) is 7. The van der Waals surface area contributed by atoms with Crippen LogP contribution in [-0.2, 0) is 9.59 Å². The molecule has 1 aliphatic heterocycles.